The van der Waals surface area contributed by atoms with Gasteiger partial charge in [0.15, 0.2) is 0 Å². The van der Waals surface area contributed by atoms with Gasteiger partial charge in [-0.3, -0.25) is 10.1 Å². The van der Waals surface area contributed by atoms with Crippen molar-refractivity contribution in [2.24, 2.45) is 5.73 Å². The predicted molar refractivity (Wildman–Crippen MR) is 93.1 cm³/mol. The Balaban J connectivity index is 0.00000312. The number of urea groups is 1. The van der Waals surface area contributed by atoms with Crippen LogP contribution in [-0.2, 0) is 20.4 Å². The van der Waals surface area contributed by atoms with Gasteiger partial charge in [0.05, 0.1) is 12.0 Å². The van der Waals surface area contributed by atoms with Crippen LogP contribution in [0.2, 0.25) is 0 Å². The summed E-state index contributed by atoms with van der Waals surface area (Å²) >= 11 is 0. The summed E-state index contributed by atoms with van der Waals surface area (Å²) in [5.41, 5.74) is 4.24. The second-order valence-electron chi connectivity index (χ2n) is 5.65. The maximum Gasteiger partial charge on any atom is 0.322 e. The van der Waals surface area contributed by atoms with E-state index < -0.39 is 33.5 Å². The summed E-state index contributed by atoms with van der Waals surface area (Å²) in [5.74, 6) is -0.315. The number of carbonyl (C=O) groups is 2. The fourth-order valence-corrected chi connectivity index (χ4v) is 3.64. The molecule has 0 bridgehead atoms. The van der Waals surface area contributed by atoms with E-state index in [0.717, 1.165) is 0 Å². The van der Waals surface area contributed by atoms with Gasteiger partial charge < -0.3 is 15.8 Å². The van der Waals surface area contributed by atoms with Crippen molar-refractivity contribution in [3.63, 3.8) is 0 Å². The lowest BCUT2D eigenvalue weighted by atomic mass is 9.91. The molecule has 0 saturated carbocycles. The molecule has 1 fully saturated rings. The van der Waals surface area contributed by atoms with E-state index in [1.807, 2.05) is 0 Å². The number of hydrogen-bond donors (Lipinski definition) is 4. The van der Waals surface area contributed by atoms with E-state index in [0.29, 0.717) is 0 Å². The van der Waals surface area contributed by atoms with E-state index in [1.165, 1.54) is 32.2 Å². The molecule has 140 valence electrons. The maximum absolute atomic E-state index is 12.4. The quantitative estimate of drug-likeness (QED) is 0.494. The first-order chi connectivity index (χ1) is 11.1. The lowest BCUT2D eigenvalue weighted by molar-refractivity contribution is -0.123. The monoisotopic (exact) mass is 392 g/mol. The van der Waals surface area contributed by atoms with E-state index in [2.05, 4.69) is 15.4 Å². The number of benzene rings is 1. The number of rotatable bonds is 6. The molecular formula is C14H21ClN4O5S. The molecule has 5 N–H and O–H groups in total. The summed E-state index contributed by atoms with van der Waals surface area (Å²) in [4.78, 5) is 23.5. The van der Waals surface area contributed by atoms with E-state index in [1.54, 1.807) is 6.92 Å². The summed E-state index contributed by atoms with van der Waals surface area (Å²) in [6, 6.07) is 2.97. The number of hydrogen-bond acceptors (Lipinski definition) is 6. The molecule has 1 aliphatic rings. The van der Waals surface area contributed by atoms with Gasteiger partial charge in [0, 0.05) is 18.2 Å². The molecule has 0 aliphatic carbocycles. The third-order valence-corrected chi connectivity index (χ3v) is 5.36. The van der Waals surface area contributed by atoms with Crippen molar-refractivity contribution < 1.29 is 22.7 Å². The summed E-state index contributed by atoms with van der Waals surface area (Å²) in [6.07, 6.45) is 0. The van der Waals surface area contributed by atoms with Crippen LogP contribution in [0.3, 0.4) is 0 Å². The van der Waals surface area contributed by atoms with Crippen molar-refractivity contribution in [2.75, 3.05) is 13.7 Å². The number of sulfonamides is 1. The fraction of sp³-hybridized carbons (Fsp3) is 0.429. The van der Waals surface area contributed by atoms with Crippen LogP contribution in [0.1, 0.15) is 19.4 Å². The molecule has 2 atom stereocenters. The van der Waals surface area contributed by atoms with Crippen molar-refractivity contribution >= 4 is 34.4 Å². The smallest absolute Gasteiger partial charge is 0.322 e. The van der Waals surface area contributed by atoms with E-state index >= 15 is 0 Å². The number of carbonyl (C=O) groups excluding carboxylic acids is 2. The zero-order valence-corrected chi connectivity index (χ0v) is 15.6. The lowest BCUT2D eigenvalue weighted by Crippen LogP contribution is -2.41. The highest BCUT2D eigenvalue weighted by molar-refractivity contribution is 7.89. The van der Waals surface area contributed by atoms with Crippen LogP contribution in [0.4, 0.5) is 4.79 Å². The van der Waals surface area contributed by atoms with Crippen molar-refractivity contribution in [1.29, 1.82) is 0 Å². The molecule has 1 aromatic carbocycles. The molecule has 25 heavy (non-hydrogen) atoms. The summed E-state index contributed by atoms with van der Waals surface area (Å²) in [6.45, 7) is 3.24. The minimum atomic E-state index is -3.84. The molecule has 3 amide bonds. The van der Waals surface area contributed by atoms with Gasteiger partial charge in [-0.05, 0) is 32.0 Å². The topological polar surface area (TPSA) is 140 Å². The molecule has 11 heteroatoms. The highest BCUT2D eigenvalue weighted by atomic mass is 35.5. The first-order valence-electron chi connectivity index (χ1n) is 7.18. The van der Waals surface area contributed by atoms with Gasteiger partial charge >= 0.3 is 6.03 Å². The zero-order chi connectivity index (χ0) is 18.1. The van der Waals surface area contributed by atoms with Gasteiger partial charge in [0.25, 0.3) is 5.91 Å². The molecule has 0 radical (unpaired) electrons. The molecule has 1 saturated heterocycles. The molecule has 2 rings (SSSR count). The average molecular weight is 393 g/mol. The van der Waals surface area contributed by atoms with Crippen molar-refractivity contribution in [1.82, 2.24) is 15.4 Å². The summed E-state index contributed by atoms with van der Waals surface area (Å²) < 4.78 is 32.5. The number of amides is 3. The van der Waals surface area contributed by atoms with E-state index in [9.17, 15) is 18.0 Å². The number of ether oxygens (including phenoxy) is 1. The van der Waals surface area contributed by atoms with E-state index in [-0.39, 0.29) is 35.2 Å². The SMILES string of the molecule is COc1ccc(S(=O)(=O)N[C@@H](C)CN)cc1C1(C)NC(=O)NC1=O.Cl. The second kappa shape index (κ2) is 7.56. The highest BCUT2D eigenvalue weighted by Crippen LogP contribution is 2.34. The van der Waals surface area contributed by atoms with Crippen molar-refractivity contribution in [3.8, 4) is 5.75 Å². The molecule has 1 unspecified atom stereocenters. The minimum Gasteiger partial charge on any atom is -0.496 e. The van der Waals surface area contributed by atoms with Crippen LogP contribution in [0, 0.1) is 0 Å². The van der Waals surface area contributed by atoms with Crippen LogP contribution < -0.4 is 25.8 Å². The number of methoxy groups -OCH3 is 1. The fourth-order valence-electron chi connectivity index (χ4n) is 2.36. The second-order valence-corrected chi connectivity index (χ2v) is 7.37. The Morgan fingerprint density at radius 1 is 1.36 bits per heavy atom. The van der Waals surface area contributed by atoms with Gasteiger partial charge in [-0.25, -0.2) is 17.9 Å². The number of imide groups is 1. The van der Waals surface area contributed by atoms with Gasteiger partial charge in [0.1, 0.15) is 11.3 Å². The third kappa shape index (κ3) is 4.03. The number of nitrogens with one attached hydrogen (secondary N) is 3. The molecule has 9 nitrogen and oxygen atoms in total. The standard InChI is InChI=1S/C14H20N4O5S.ClH/c1-8(7-15)18-24(21,22)9-4-5-11(23-3)10(6-9)14(2)12(19)16-13(20)17-14;/h4-6,8,18H,7,15H2,1-3H3,(H2,16,17,19,20);1H/t8-,14?;/m0./s1. The molecule has 0 aromatic heterocycles. The van der Waals surface area contributed by atoms with Crippen LogP contribution in [0.15, 0.2) is 23.1 Å². The minimum absolute atomic E-state index is 0. The number of halogens is 1. The van der Waals surface area contributed by atoms with Crippen molar-refractivity contribution in [3.05, 3.63) is 23.8 Å². The summed E-state index contributed by atoms with van der Waals surface area (Å²) in [5, 5.41) is 4.62. The van der Waals surface area contributed by atoms with Gasteiger partial charge in [0.2, 0.25) is 10.0 Å². The molecule has 0 spiro atoms. The first kappa shape index (κ1) is 21.2. The largest absolute Gasteiger partial charge is 0.496 e. The maximum atomic E-state index is 12.4. The molecule has 1 aromatic rings. The van der Waals surface area contributed by atoms with Crippen LogP contribution in [-0.4, -0.2) is 40.1 Å². The Kier molecular flexibility index (Phi) is 6.40. The van der Waals surface area contributed by atoms with Crippen molar-refractivity contribution in [2.45, 2.75) is 30.3 Å². The lowest BCUT2D eigenvalue weighted by Gasteiger charge is -2.24. The summed E-state index contributed by atoms with van der Waals surface area (Å²) in [7, 11) is -2.45. The first-order valence-corrected chi connectivity index (χ1v) is 8.67. The van der Waals surface area contributed by atoms with E-state index in [4.69, 9.17) is 10.5 Å². The molecule has 1 heterocycles. The van der Waals surface area contributed by atoms with Gasteiger partial charge in [-0.15, -0.1) is 12.4 Å². The Labute approximate surface area is 152 Å². The average Bonchev–Trinajstić information content (AvgIpc) is 2.79. The molecule has 1 aliphatic heterocycles. The molecular weight excluding hydrogens is 372 g/mol. The Morgan fingerprint density at radius 3 is 2.48 bits per heavy atom. The normalized spacial score (nSPS) is 21.1. The van der Waals surface area contributed by atoms with Crippen LogP contribution in [0.5, 0.6) is 5.75 Å². The highest BCUT2D eigenvalue weighted by Gasteiger charge is 2.45. The van der Waals surface area contributed by atoms with Gasteiger partial charge in [-0.2, -0.15) is 0 Å². The van der Waals surface area contributed by atoms with Crippen LogP contribution in [0.25, 0.3) is 0 Å². The Hall–Kier alpha value is -1.88. The number of nitrogens with two attached hydrogens (primary N) is 1. The predicted octanol–water partition coefficient (Wildman–Crippen LogP) is -0.203. The zero-order valence-electron chi connectivity index (χ0n) is 14.0. The third-order valence-electron chi connectivity index (χ3n) is 3.77. The van der Waals surface area contributed by atoms with Gasteiger partial charge in [-0.1, -0.05) is 0 Å². The Morgan fingerprint density at radius 2 is 2.00 bits per heavy atom. The van der Waals surface area contributed by atoms with Crippen LogP contribution >= 0.6 is 12.4 Å². The Bertz CT molecular complexity index is 785.